The number of alkyl carbamates (subject to hydrolysis) is 1. The van der Waals surface area contributed by atoms with Gasteiger partial charge >= 0.3 is 12.2 Å². The van der Waals surface area contributed by atoms with Crippen molar-refractivity contribution >= 4 is 62.4 Å². The normalized spacial score (nSPS) is 17.1. The van der Waals surface area contributed by atoms with Gasteiger partial charge in [0.1, 0.15) is 12.2 Å². The first-order chi connectivity index (χ1) is 36.1. The average molecular weight is 1120 g/mol. The highest BCUT2D eigenvalue weighted by Crippen LogP contribution is 2.23. The van der Waals surface area contributed by atoms with E-state index in [1.54, 1.807) is 39.8 Å². The van der Waals surface area contributed by atoms with Gasteiger partial charge in [0.25, 0.3) is 20.0 Å². The summed E-state index contributed by atoms with van der Waals surface area (Å²) in [5, 5.41) is 27.4. The fraction of sp³-hybridized carbons (Fsp3) is 0.460. The van der Waals surface area contributed by atoms with Gasteiger partial charge in [-0.3, -0.25) is 14.5 Å². The highest BCUT2D eigenvalue weighted by molar-refractivity contribution is 7.89. The number of nitrogens with zero attached hydrogens (tertiary/aromatic N) is 2. The highest BCUT2D eigenvalue weighted by Gasteiger charge is 2.35. The molecule has 2 heterocycles. The zero-order valence-corrected chi connectivity index (χ0v) is 45.5. The molecule has 0 radical (unpaired) electrons. The summed E-state index contributed by atoms with van der Waals surface area (Å²) in [5.41, 5.74) is 13.8. The number of carbonyl (C=O) groups is 3. The van der Waals surface area contributed by atoms with Gasteiger partial charge in [0.05, 0.1) is 85.8 Å². The Morgan fingerprint density at radius 1 is 0.658 bits per heavy atom. The van der Waals surface area contributed by atoms with Crippen molar-refractivity contribution in [1.29, 1.82) is 0 Å². The lowest BCUT2D eigenvalue weighted by Crippen LogP contribution is -2.51. The monoisotopic (exact) mass is 1120 g/mol. The molecular formula is C50H71N7O16S3. The summed E-state index contributed by atoms with van der Waals surface area (Å²) in [5.74, 6) is -0.329. The summed E-state index contributed by atoms with van der Waals surface area (Å²) in [6.07, 6.45) is -3.64. The van der Waals surface area contributed by atoms with Crippen LogP contribution >= 0.6 is 12.8 Å². The quantitative estimate of drug-likeness (QED) is 0.0225. The average Bonchev–Trinajstić information content (AvgIpc) is 4.09. The number of carbonyl (C=O) groups excluding carboxylic acids is 3. The summed E-state index contributed by atoms with van der Waals surface area (Å²) < 4.78 is 74.6. The third-order valence-corrected chi connectivity index (χ3v) is 14.2. The largest absolute Gasteiger partial charge is 0.528 e. The number of sulfonamides is 2. The Morgan fingerprint density at radius 2 is 1.08 bits per heavy atom. The van der Waals surface area contributed by atoms with Crippen LogP contribution in [0.3, 0.4) is 0 Å². The third kappa shape index (κ3) is 21.8. The molecule has 23 nitrogen and oxygen atoms in total. The van der Waals surface area contributed by atoms with Crippen LogP contribution in [0, 0.1) is 0 Å². The molecule has 76 heavy (non-hydrogen) atoms. The maximum atomic E-state index is 13.3. The second-order valence-electron chi connectivity index (χ2n) is 17.9. The Labute approximate surface area is 449 Å². The maximum Gasteiger partial charge on any atom is 0.528 e. The Bertz CT molecular complexity index is 2610. The highest BCUT2D eigenvalue weighted by atomic mass is 32.2. The number of aliphatic hydroxyl groups is 2. The SMILES string of the molecule is CC(=O)N[C@@H](Cc1ccccc1)[C@H](O)CN(OC(C)C)S(=O)(=O)c1cccc(N)c1.CC(C)ON(C[C@@H](O)[C@H](Cc1ccccc1)NC(=O)O[C@H]1CCOC1)S(=O)(=O)c1cccc(N)c1.O=C(ONS)O[C@H]1CCOC1. The van der Waals surface area contributed by atoms with E-state index in [2.05, 4.69) is 28.3 Å². The van der Waals surface area contributed by atoms with Crippen LogP contribution in [-0.4, -0.2) is 142 Å². The van der Waals surface area contributed by atoms with E-state index < -0.39 is 75.3 Å². The first-order valence-electron chi connectivity index (χ1n) is 24.3. The number of ether oxygens (including phenoxy) is 4. The van der Waals surface area contributed by atoms with Crippen LogP contribution in [0.5, 0.6) is 0 Å². The molecule has 26 heteroatoms. The van der Waals surface area contributed by atoms with Gasteiger partial charge < -0.3 is 56.1 Å². The van der Waals surface area contributed by atoms with Gasteiger partial charge in [-0.15, -0.1) is 0 Å². The Hall–Kier alpha value is -5.62. The lowest BCUT2D eigenvalue weighted by Gasteiger charge is -2.30. The minimum absolute atomic E-state index is 0.0468. The molecule has 6 rings (SSSR count). The van der Waals surface area contributed by atoms with Gasteiger partial charge in [0.15, 0.2) is 0 Å². The fourth-order valence-electron chi connectivity index (χ4n) is 7.32. The third-order valence-electron chi connectivity index (χ3n) is 10.8. The molecule has 4 aromatic rings. The molecule has 0 unspecified atom stereocenters. The molecule has 4 aromatic carbocycles. The number of hydroxylamine groups is 2. The molecule has 2 saturated heterocycles. The zero-order valence-electron chi connectivity index (χ0n) is 43.0. The van der Waals surface area contributed by atoms with Gasteiger partial charge in [-0.25, -0.2) is 26.4 Å². The molecule has 2 aliphatic rings. The number of nitrogen functional groups attached to an aromatic ring is 2. The molecule has 0 aliphatic carbocycles. The topological polar surface area (TPSA) is 319 Å². The number of hydrogen-bond acceptors (Lipinski definition) is 20. The van der Waals surface area contributed by atoms with E-state index in [9.17, 15) is 41.4 Å². The van der Waals surface area contributed by atoms with Crippen molar-refractivity contribution in [3.63, 3.8) is 0 Å². The van der Waals surface area contributed by atoms with Crippen molar-refractivity contribution in [2.45, 2.75) is 119 Å². The van der Waals surface area contributed by atoms with Crippen LogP contribution in [0.25, 0.3) is 0 Å². The fourth-order valence-corrected chi connectivity index (χ4v) is 10.2. The molecule has 0 bridgehead atoms. The lowest BCUT2D eigenvalue weighted by molar-refractivity contribution is -0.138. The smallest absolute Gasteiger partial charge is 0.444 e. The molecule has 0 spiro atoms. The Balaban J connectivity index is 0.000000276. The van der Waals surface area contributed by atoms with E-state index in [4.69, 9.17) is 40.1 Å². The van der Waals surface area contributed by atoms with E-state index in [1.807, 2.05) is 65.5 Å². The minimum atomic E-state index is -4.16. The zero-order chi connectivity index (χ0) is 55.8. The molecule has 0 aromatic heterocycles. The second kappa shape index (κ2) is 31.6. The summed E-state index contributed by atoms with van der Waals surface area (Å²) in [6.45, 7) is 9.17. The van der Waals surface area contributed by atoms with Gasteiger partial charge in [0, 0.05) is 31.1 Å². The molecular weight excluding hydrogens is 1050 g/mol. The number of hydrogen-bond donors (Lipinski definition) is 8. The van der Waals surface area contributed by atoms with Crippen molar-refractivity contribution in [2.75, 3.05) is 51.0 Å². The number of thiol groups is 1. The van der Waals surface area contributed by atoms with Crippen LogP contribution in [0.2, 0.25) is 0 Å². The summed E-state index contributed by atoms with van der Waals surface area (Å²) in [4.78, 5) is 51.9. The maximum absolute atomic E-state index is 13.3. The number of nitrogens with one attached hydrogen (secondary N) is 3. The molecule has 2 fully saturated rings. The van der Waals surface area contributed by atoms with E-state index in [-0.39, 0.29) is 46.6 Å². The van der Waals surface area contributed by atoms with Crippen molar-refractivity contribution in [3.8, 4) is 0 Å². The first-order valence-corrected chi connectivity index (χ1v) is 27.6. The molecule has 6 atom stereocenters. The predicted octanol–water partition coefficient (Wildman–Crippen LogP) is 4.07. The number of aliphatic hydroxyl groups excluding tert-OH is 2. The van der Waals surface area contributed by atoms with Gasteiger partial charge in [-0.2, -0.15) is 0 Å². The number of benzene rings is 4. The number of rotatable bonds is 23. The van der Waals surface area contributed by atoms with Crippen LogP contribution in [0.4, 0.5) is 21.0 Å². The summed E-state index contributed by atoms with van der Waals surface area (Å²) in [7, 11) is -8.25. The van der Waals surface area contributed by atoms with Gasteiger partial charge in [-0.1, -0.05) is 99.4 Å². The van der Waals surface area contributed by atoms with Crippen molar-refractivity contribution in [2.24, 2.45) is 0 Å². The van der Waals surface area contributed by atoms with E-state index >= 15 is 0 Å². The molecule has 2 aliphatic heterocycles. The Morgan fingerprint density at radius 3 is 1.45 bits per heavy atom. The van der Waals surface area contributed by atoms with E-state index in [0.29, 0.717) is 45.0 Å². The minimum Gasteiger partial charge on any atom is -0.444 e. The lowest BCUT2D eigenvalue weighted by atomic mass is 10.0. The van der Waals surface area contributed by atoms with E-state index in [0.717, 1.165) is 26.5 Å². The number of nitrogens with two attached hydrogens (primary N) is 2. The summed E-state index contributed by atoms with van der Waals surface area (Å²) in [6, 6.07) is 28.6. The van der Waals surface area contributed by atoms with E-state index in [1.165, 1.54) is 43.3 Å². The Kier molecular flexibility index (Phi) is 26.1. The molecule has 0 saturated carbocycles. The van der Waals surface area contributed by atoms with Crippen LogP contribution in [0.1, 0.15) is 58.6 Å². The number of amides is 2. The van der Waals surface area contributed by atoms with Crippen LogP contribution in [-0.2, 0) is 71.1 Å². The predicted molar refractivity (Wildman–Crippen MR) is 283 cm³/mol. The van der Waals surface area contributed by atoms with Crippen molar-refractivity contribution < 1.29 is 74.9 Å². The van der Waals surface area contributed by atoms with Crippen molar-refractivity contribution in [3.05, 3.63) is 120 Å². The summed E-state index contributed by atoms with van der Waals surface area (Å²) >= 11 is 3.45. The van der Waals surface area contributed by atoms with Gasteiger partial charge in [0.2, 0.25) is 5.91 Å². The first kappa shape index (κ1) is 62.9. The van der Waals surface area contributed by atoms with Crippen LogP contribution < -0.4 is 27.0 Å². The number of anilines is 2. The molecule has 420 valence electrons. The van der Waals surface area contributed by atoms with Gasteiger partial charge in [-0.05, 0) is 88.1 Å². The van der Waals surface area contributed by atoms with Crippen LogP contribution in [0.15, 0.2) is 119 Å². The molecule has 2 amide bonds. The second-order valence-corrected chi connectivity index (χ2v) is 21.8. The van der Waals surface area contributed by atoms with Crippen molar-refractivity contribution in [1.82, 2.24) is 24.5 Å². The molecule has 9 N–H and O–H groups in total. The standard InChI is InChI=1S/C24H33N3O7S.C21H29N3O5S.C5H9NO4S/c1-17(2)34-27(35(30,31)21-10-6-9-19(25)14-21)15-23(28)22(13-18-7-4-3-5-8-18)26-24(29)33-20-11-12-32-16-20;1-15(2)29-24(30(27,28)19-11-7-10-18(22)13-19)14-21(26)20(23-16(3)25)12-17-8-5-4-6-9-17;7-5(10-6-11)9-4-1-2-8-3-4/h3-10,14,17,20,22-23,28H,11-13,15-16,25H2,1-2H3,(H,26,29);4-11,13,15,20-21,26H,12,14,22H2,1-3H3,(H,23,25);4,6,11H,1-3H2/t20-,22-,23+;20-,21+;4-/m000/s1.